The second-order valence-electron chi connectivity index (χ2n) is 4.89. The molecule has 2 aromatic heterocycles. The van der Waals surface area contributed by atoms with Crippen molar-refractivity contribution in [2.24, 2.45) is 5.92 Å². The average Bonchev–Trinajstić information content (AvgIpc) is 3.07. The fraction of sp³-hybridized carbons (Fsp3) is 0.571. The molecule has 0 aromatic carbocycles. The average molecular weight is 311 g/mol. The van der Waals surface area contributed by atoms with Crippen LogP contribution in [0, 0.1) is 5.92 Å². The zero-order chi connectivity index (χ0) is 15.4. The predicted octanol–water partition coefficient (Wildman–Crippen LogP) is 2.08. The minimum Gasteiger partial charge on any atom is -0.480 e. The lowest BCUT2D eigenvalue weighted by atomic mass is 9.99. The summed E-state index contributed by atoms with van der Waals surface area (Å²) >= 11 is 1.55. The topological polar surface area (TPSA) is 64.9 Å². The number of nitrogens with zero attached hydrogens (tertiary/aromatic N) is 2. The number of ether oxygens (including phenoxy) is 2. The Balaban J connectivity index is 2.18. The van der Waals surface area contributed by atoms with E-state index < -0.39 is 0 Å². The van der Waals surface area contributed by atoms with Gasteiger partial charge >= 0.3 is 5.97 Å². The minimum atomic E-state index is -0.339. The van der Waals surface area contributed by atoms with Crippen molar-refractivity contribution in [3.8, 4) is 5.88 Å². The van der Waals surface area contributed by atoms with Gasteiger partial charge in [0, 0.05) is 18.1 Å². The molecule has 116 valence electrons. The molecule has 2 rings (SSSR count). The normalized spacial score (nSPS) is 14.1. The number of aromatic nitrogens is 2. The molecule has 2 aromatic rings. The van der Waals surface area contributed by atoms with Crippen LogP contribution in [-0.4, -0.2) is 35.6 Å². The molecule has 0 saturated heterocycles. The Bertz CT molecular complexity index is 608. The van der Waals surface area contributed by atoms with Gasteiger partial charge in [-0.05, 0) is 5.92 Å². The maximum absolute atomic E-state index is 11.9. The van der Waals surface area contributed by atoms with Crippen molar-refractivity contribution in [2.75, 3.05) is 14.2 Å². The zero-order valence-electron chi connectivity index (χ0n) is 12.8. The molecule has 1 N–H and O–H groups in total. The molecule has 0 fully saturated rings. The number of nitrogens with one attached hydrogen (secondary N) is 1. The van der Waals surface area contributed by atoms with Gasteiger partial charge in [0.1, 0.15) is 11.7 Å². The fourth-order valence-electron chi connectivity index (χ4n) is 2.22. The van der Waals surface area contributed by atoms with Gasteiger partial charge in [0.05, 0.1) is 14.2 Å². The monoisotopic (exact) mass is 311 g/mol. The maximum Gasteiger partial charge on any atom is 0.323 e. The molecular weight excluding hydrogens is 290 g/mol. The van der Waals surface area contributed by atoms with Crippen molar-refractivity contribution in [1.82, 2.24) is 14.7 Å². The van der Waals surface area contributed by atoms with E-state index in [0.29, 0.717) is 12.4 Å². The van der Waals surface area contributed by atoms with Gasteiger partial charge in [0.15, 0.2) is 4.96 Å². The van der Waals surface area contributed by atoms with Crippen molar-refractivity contribution >= 4 is 22.3 Å². The van der Waals surface area contributed by atoms with E-state index in [0.717, 1.165) is 17.1 Å². The van der Waals surface area contributed by atoms with Crippen LogP contribution in [0.15, 0.2) is 11.6 Å². The number of rotatable bonds is 7. The summed E-state index contributed by atoms with van der Waals surface area (Å²) in [4.78, 5) is 17.2. The van der Waals surface area contributed by atoms with E-state index in [4.69, 9.17) is 9.47 Å². The number of thiazole rings is 1. The van der Waals surface area contributed by atoms with Crippen LogP contribution in [0.5, 0.6) is 5.88 Å². The Hall–Kier alpha value is -1.60. The Morgan fingerprint density at radius 1 is 1.52 bits per heavy atom. The highest BCUT2D eigenvalue weighted by Crippen LogP contribution is 2.23. The van der Waals surface area contributed by atoms with E-state index in [1.54, 1.807) is 18.4 Å². The SMILES string of the molecule is CCC(C)C(NCc1c(OC)nc2sccn12)C(=O)OC. The summed E-state index contributed by atoms with van der Waals surface area (Å²) in [7, 11) is 3.01. The first-order chi connectivity index (χ1) is 10.1. The molecule has 0 aliphatic carbocycles. The number of carbonyl (C=O) groups is 1. The molecule has 0 amide bonds. The second kappa shape index (κ2) is 6.91. The van der Waals surface area contributed by atoms with Crippen molar-refractivity contribution < 1.29 is 14.3 Å². The highest BCUT2D eigenvalue weighted by molar-refractivity contribution is 7.15. The van der Waals surface area contributed by atoms with Gasteiger partial charge in [0.25, 0.3) is 0 Å². The molecule has 0 bridgehead atoms. The van der Waals surface area contributed by atoms with Crippen LogP contribution in [0.2, 0.25) is 0 Å². The van der Waals surface area contributed by atoms with Crippen molar-refractivity contribution in [3.63, 3.8) is 0 Å². The summed E-state index contributed by atoms with van der Waals surface area (Å²) in [6, 6.07) is -0.339. The van der Waals surface area contributed by atoms with E-state index in [1.807, 2.05) is 22.9 Å². The molecule has 0 aliphatic heterocycles. The molecule has 2 heterocycles. The lowest BCUT2D eigenvalue weighted by Gasteiger charge is -2.21. The van der Waals surface area contributed by atoms with Crippen molar-refractivity contribution in [3.05, 3.63) is 17.3 Å². The maximum atomic E-state index is 11.9. The fourth-order valence-corrected chi connectivity index (χ4v) is 2.95. The van der Waals surface area contributed by atoms with Crippen LogP contribution >= 0.6 is 11.3 Å². The van der Waals surface area contributed by atoms with E-state index in [-0.39, 0.29) is 17.9 Å². The number of hydrogen-bond donors (Lipinski definition) is 1. The number of imidazole rings is 1. The highest BCUT2D eigenvalue weighted by Gasteiger charge is 2.25. The van der Waals surface area contributed by atoms with Crippen molar-refractivity contribution in [2.45, 2.75) is 32.9 Å². The number of methoxy groups -OCH3 is 2. The number of esters is 1. The van der Waals surface area contributed by atoms with Crippen LogP contribution in [0.1, 0.15) is 26.0 Å². The van der Waals surface area contributed by atoms with E-state index >= 15 is 0 Å². The summed E-state index contributed by atoms with van der Waals surface area (Å²) in [5.74, 6) is 0.533. The molecular formula is C14H21N3O3S. The van der Waals surface area contributed by atoms with Crippen LogP contribution < -0.4 is 10.1 Å². The Kier molecular flexibility index (Phi) is 5.19. The van der Waals surface area contributed by atoms with Crippen LogP contribution in [0.25, 0.3) is 4.96 Å². The third kappa shape index (κ3) is 3.19. The molecule has 2 unspecified atom stereocenters. The lowest BCUT2D eigenvalue weighted by molar-refractivity contribution is -0.144. The van der Waals surface area contributed by atoms with Crippen LogP contribution in [0.3, 0.4) is 0 Å². The first-order valence-corrected chi connectivity index (χ1v) is 7.79. The molecule has 0 spiro atoms. The largest absolute Gasteiger partial charge is 0.480 e. The van der Waals surface area contributed by atoms with Crippen molar-refractivity contribution in [1.29, 1.82) is 0 Å². The number of hydrogen-bond acceptors (Lipinski definition) is 6. The van der Waals surface area contributed by atoms with Gasteiger partial charge in [0.2, 0.25) is 5.88 Å². The van der Waals surface area contributed by atoms with Crippen LogP contribution in [-0.2, 0) is 16.1 Å². The lowest BCUT2D eigenvalue weighted by Crippen LogP contribution is -2.42. The van der Waals surface area contributed by atoms with Gasteiger partial charge < -0.3 is 9.47 Å². The predicted molar refractivity (Wildman–Crippen MR) is 81.7 cm³/mol. The molecule has 6 nitrogen and oxygen atoms in total. The van der Waals surface area contributed by atoms with Gasteiger partial charge in [-0.15, -0.1) is 11.3 Å². The van der Waals surface area contributed by atoms with E-state index in [1.165, 1.54) is 7.11 Å². The first kappa shape index (κ1) is 15.8. The molecule has 21 heavy (non-hydrogen) atoms. The number of fused-ring (bicyclic) bond motifs is 1. The summed E-state index contributed by atoms with van der Waals surface area (Å²) in [5, 5.41) is 5.24. The van der Waals surface area contributed by atoms with Gasteiger partial charge in [-0.3, -0.25) is 14.5 Å². The first-order valence-electron chi connectivity index (χ1n) is 6.92. The molecule has 7 heteroatoms. The third-order valence-electron chi connectivity index (χ3n) is 3.68. The second-order valence-corrected chi connectivity index (χ2v) is 5.76. The summed E-state index contributed by atoms with van der Waals surface area (Å²) in [6.07, 6.45) is 2.84. The van der Waals surface area contributed by atoms with Gasteiger partial charge in [-0.25, -0.2) is 0 Å². The molecule has 0 radical (unpaired) electrons. The molecule has 0 aliphatic rings. The van der Waals surface area contributed by atoms with E-state index in [9.17, 15) is 4.79 Å². The Morgan fingerprint density at radius 3 is 2.90 bits per heavy atom. The van der Waals surface area contributed by atoms with Gasteiger partial charge in [-0.2, -0.15) is 4.98 Å². The highest BCUT2D eigenvalue weighted by atomic mass is 32.1. The van der Waals surface area contributed by atoms with Crippen LogP contribution in [0.4, 0.5) is 0 Å². The Morgan fingerprint density at radius 2 is 2.29 bits per heavy atom. The smallest absolute Gasteiger partial charge is 0.323 e. The third-order valence-corrected chi connectivity index (χ3v) is 4.43. The zero-order valence-corrected chi connectivity index (χ0v) is 13.6. The minimum absolute atomic E-state index is 0.189. The van der Waals surface area contributed by atoms with Gasteiger partial charge in [-0.1, -0.05) is 20.3 Å². The standard InChI is InChI=1S/C14H21N3O3S/c1-5-9(2)11(13(18)20-4)15-8-10-12(19-3)16-14-17(10)6-7-21-14/h6-7,9,11,15H,5,8H2,1-4H3. The number of carbonyl (C=O) groups excluding carboxylic acids is 1. The summed E-state index contributed by atoms with van der Waals surface area (Å²) < 4.78 is 12.2. The summed E-state index contributed by atoms with van der Waals surface area (Å²) in [6.45, 7) is 4.58. The molecule has 2 atom stereocenters. The van der Waals surface area contributed by atoms with E-state index in [2.05, 4.69) is 17.2 Å². The summed E-state index contributed by atoms with van der Waals surface area (Å²) in [5.41, 5.74) is 0.908. The Labute approximate surface area is 128 Å². The molecule has 0 saturated carbocycles. The quantitative estimate of drug-likeness (QED) is 0.793.